The van der Waals surface area contributed by atoms with E-state index in [0.717, 1.165) is 16.0 Å². The molecule has 2 aromatic rings. The Hall–Kier alpha value is -2.67. The van der Waals surface area contributed by atoms with Crippen LogP contribution in [0.3, 0.4) is 0 Å². The number of nitrogens with one attached hydrogen (secondary N) is 2. The van der Waals surface area contributed by atoms with Crippen LogP contribution < -0.4 is 10.6 Å². The summed E-state index contributed by atoms with van der Waals surface area (Å²) in [7, 11) is 0. The largest absolute Gasteiger partial charge is 0.479 e. The third kappa shape index (κ3) is 5.42. The van der Waals surface area contributed by atoms with Crippen LogP contribution in [0.5, 0.6) is 0 Å². The van der Waals surface area contributed by atoms with Gasteiger partial charge in [-0.3, -0.25) is 9.59 Å². The lowest BCUT2D eigenvalue weighted by atomic mass is 10.0. The van der Waals surface area contributed by atoms with Gasteiger partial charge in [0.25, 0.3) is 0 Å². The Kier molecular flexibility index (Phi) is 6.52. The molecule has 0 aliphatic rings. The van der Waals surface area contributed by atoms with Gasteiger partial charge in [0.1, 0.15) is 0 Å². The van der Waals surface area contributed by atoms with Crippen LogP contribution in [0, 0.1) is 13.8 Å². The summed E-state index contributed by atoms with van der Waals surface area (Å²) in [5.74, 6) is -1.82. The molecule has 138 valence electrons. The number of aliphatic carboxylic acids is 1. The maximum absolute atomic E-state index is 12.5. The van der Waals surface area contributed by atoms with Gasteiger partial charge in [-0.15, -0.1) is 11.3 Å². The zero-order valence-corrected chi connectivity index (χ0v) is 15.7. The number of hydrogen-bond donors (Lipinski definition) is 3. The molecule has 7 heteroatoms. The Morgan fingerprint density at radius 2 is 1.77 bits per heavy atom. The summed E-state index contributed by atoms with van der Waals surface area (Å²) in [6.45, 7) is 5.13. The molecule has 1 aromatic carbocycles. The lowest BCUT2D eigenvalue weighted by Crippen LogP contribution is -2.37. The van der Waals surface area contributed by atoms with Crippen molar-refractivity contribution >= 4 is 29.1 Å². The van der Waals surface area contributed by atoms with Gasteiger partial charge in [-0.05, 0) is 30.9 Å². The predicted molar refractivity (Wildman–Crippen MR) is 99.9 cm³/mol. The van der Waals surface area contributed by atoms with Gasteiger partial charge in [-0.1, -0.05) is 35.4 Å². The van der Waals surface area contributed by atoms with Crippen molar-refractivity contribution < 1.29 is 19.5 Å². The van der Waals surface area contributed by atoms with E-state index in [-0.39, 0.29) is 12.3 Å². The molecule has 2 amide bonds. The quantitative estimate of drug-likeness (QED) is 0.694. The highest BCUT2D eigenvalue weighted by atomic mass is 32.1. The van der Waals surface area contributed by atoms with E-state index in [2.05, 4.69) is 10.6 Å². The molecule has 1 heterocycles. The van der Waals surface area contributed by atoms with Gasteiger partial charge >= 0.3 is 5.97 Å². The van der Waals surface area contributed by atoms with Crippen LogP contribution in [0.25, 0.3) is 0 Å². The van der Waals surface area contributed by atoms with E-state index in [0.29, 0.717) is 5.56 Å². The average molecular weight is 374 g/mol. The van der Waals surface area contributed by atoms with E-state index >= 15 is 0 Å². The Morgan fingerprint density at radius 1 is 1.12 bits per heavy atom. The van der Waals surface area contributed by atoms with Crippen molar-refractivity contribution in [2.45, 2.75) is 39.3 Å². The molecular weight excluding hydrogens is 352 g/mol. The molecule has 6 nitrogen and oxygen atoms in total. The van der Waals surface area contributed by atoms with E-state index in [1.54, 1.807) is 12.1 Å². The van der Waals surface area contributed by atoms with Gasteiger partial charge in [-0.25, -0.2) is 4.79 Å². The molecule has 2 rings (SSSR count). The second kappa shape index (κ2) is 8.62. The number of rotatable bonds is 7. The maximum atomic E-state index is 12.5. The fourth-order valence-corrected chi connectivity index (χ4v) is 3.61. The zero-order chi connectivity index (χ0) is 19.3. The summed E-state index contributed by atoms with van der Waals surface area (Å²) in [6.07, 6.45) is -0.0331. The van der Waals surface area contributed by atoms with Crippen LogP contribution in [0.2, 0.25) is 0 Å². The number of aryl methyl sites for hydroxylation is 2. The maximum Gasteiger partial charge on any atom is 0.330 e. The van der Waals surface area contributed by atoms with E-state index in [1.165, 1.54) is 18.3 Å². The number of carbonyl (C=O) groups is 3. The standard InChI is InChI=1S/C19H22N2O4S/c1-11-7-12(2)9-14(8-11)18(19(24)25)21-17(23)10-15(20-13(3)22)16-5-4-6-26-16/h4-9,15,18H,10H2,1-3H3,(H,20,22)(H,21,23)(H,24,25). The predicted octanol–water partition coefficient (Wildman–Crippen LogP) is 2.87. The van der Waals surface area contributed by atoms with Crippen LogP contribution >= 0.6 is 11.3 Å². The minimum absolute atomic E-state index is 0.0331. The number of benzene rings is 1. The van der Waals surface area contributed by atoms with Crippen molar-refractivity contribution in [3.05, 3.63) is 57.3 Å². The number of carbonyl (C=O) groups excluding carboxylic acids is 2. The minimum Gasteiger partial charge on any atom is -0.479 e. The number of carboxylic acids is 1. The van der Waals surface area contributed by atoms with E-state index in [1.807, 2.05) is 37.4 Å². The molecule has 26 heavy (non-hydrogen) atoms. The van der Waals surface area contributed by atoms with Gasteiger partial charge in [0.2, 0.25) is 11.8 Å². The van der Waals surface area contributed by atoms with E-state index < -0.39 is 24.0 Å². The highest BCUT2D eigenvalue weighted by molar-refractivity contribution is 7.10. The van der Waals surface area contributed by atoms with Crippen molar-refractivity contribution in [3.63, 3.8) is 0 Å². The van der Waals surface area contributed by atoms with Gasteiger partial charge in [0.15, 0.2) is 6.04 Å². The topological polar surface area (TPSA) is 95.5 Å². The molecule has 0 spiro atoms. The summed E-state index contributed by atoms with van der Waals surface area (Å²) < 4.78 is 0. The normalized spacial score (nSPS) is 12.9. The first-order valence-corrected chi connectivity index (χ1v) is 9.05. The number of amides is 2. The summed E-state index contributed by atoms with van der Waals surface area (Å²) >= 11 is 1.43. The van der Waals surface area contributed by atoms with Crippen LogP contribution in [-0.4, -0.2) is 22.9 Å². The SMILES string of the molecule is CC(=O)NC(CC(=O)NC(C(=O)O)c1cc(C)cc(C)c1)c1cccs1. The summed E-state index contributed by atoms with van der Waals surface area (Å²) in [5.41, 5.74) is 2.38. The molecule has 3 N–H and O–H groups in total. The molecular formula is C19H22N2O4S. The first-order chi connectivity index (χ1) is 12.3. The van der Waals surface area contributed by atoms with E-state index in [4.69, 9.17) is 0 Å². The first kappa shape index (κ1) is 19.7. The molecule has 0 saturated heterocycles. The van der Waals surface area contributed by atoms with Gasteiger partial charge in [-0.2, -0.15) is 0 Å². The lowest BCUT2D eigenvalue weighted by Gasteiger charge is -2.20. The fraction of sp³-hybridized carbons (Fsp3) is 0.316. The minimum atomic E-state index is -1.14. The van der Waals surface area contributed by atoms with Crippen LogP contribution in [0.1, 0.15) is 47.0 Å². The molecule has 0 aliphatic heterocycles. The van der Waals surface area contributed by atoms with Crippen molar-refractivity contribution in [3.8, 4) is 0 Å². The number of thiophene rings is 1. The van der Waals surface area contributed by atoms with Gasteiger partial charge in [0.05, 0.1) is 12.5 Å². The van der Waals surface area contributed by atoms with Crippen molar-refractivity contribution in [2.24, 2.45) is 0 Å². The number of carboxylic acid groups (broad SMARTS) is 1. The van der Waals surface area contributed by atoms with Crippen LogP contribution in [0.4, 0.5) is 0 Å². The number of hydrogen-bond acceptors (Lipinski definition) is 4. The highest BCUT2D eigenvalue weighted by Crippen LogP contribution is 2.23. The van der Waals surface area contributed by atoms with Gasteiger partial charge < -0.3 is 15.7 Å². The summed E-state index contributed by atoms with van der Waals surface area (Å²) in [5, 5.41) is 16.7. The third-order valence-electron chi connectivity index (χ3n) is 3.78. The Balaban J connectivity index is 2.16. The van der Waals surface area contributed by atoms with Crippen LogP contribution in [-0.2, 0) is 14.4 Å². The molecule has 0 bridgehead atoms. The zero-order valence-electron chi connectivity index (χ0n) is 14.9. The van der Waals surface area contributed by atoms with Crippen molar-refractivity contribution in [1.29, 1.82) is 0 Å². The second-order valence-corrected chi connectivity index (χ2v) is 7.21. The molecule has 0 saturated carbocycles. The Morgan fingerprint density at radius 3 is 2.27 bits per heavy atom. The second-order valence-electron chi connectivity index (χ2n) is 6.23. The lowest BCUT2D eigenvalue weighted by molar-refractivity contribution is -0.142. The van der Waals surface area contributed by atoms with Crippen LogP contribution in [0.15, 0.2) is 35.7 Å². The molecule has 0 aliphatic carbocycles. The average Bonchev–Trinajstić information content (AvgIpc) is 3.04. The molecule has 0 fully saturated rings. The monoisotopic (exact) mass is 374 g/mol. The summed E-state index contributed by atoms with van der Waals surface area (Å²) in [4.78, 5) is 36.4. The smallest absolute Gasteiger partial charge is 0.330 e. The highest BCUT2D eigenvalue weighted by Gasteiger charge is 2.25. The Labute approximate surface area is 156 Å². The molecule has 2 unspecified atom stereocenters. The van der Waals surface area contributed by atoms with E-state index in [9.17, 15) is 19.5 Å². The first-order valence-electron chi connectivity index (χ1n) is 8.17. The van der Waals surface area contributed by atoms with Crippen molar-refractivity contribution in [1.82, 2.24) is 10.6 Å². The summed E-state index contributed by atoms with van der Waals surface area (Å²) in [6, 6.07) is 7.48. The molecule has 0 radical (unpaired) electrons. The third-order valence-corrected chi connectivity index (χ3v) is 4.77. The Bertz CT molecular complexity index is 782. The fourth-order valence-electron chi connectivity index (χ4n) is 2.83. The van der Waals surface area contributed by atoms with Gasteiger partial charge in [0, 0.05) is 11.8 Å². The van der Waals surface area contributed by atoms with Crippen molar-refractivity contribution in [2.75, 3.05) is 0 Å². The molecule has 2 atom stereocenters. The molecule has 1 aromatic heterocycles.